The Morgan fingerprint density at radius 3 is 1.66 bits per heavy atom. The molecule has 10 aromatic carbocycles. The molecule has 0 radical (unpaired) electrons. The van der Waals surface area contributed by atoms with Gasteiger partial charge in [0.2, 0.25) is 0 Å². The summed E-state index contributed by atoms with van der Waals surface area (Å²) >= 11 is 0. The van der Waals surface area contributed by atoms with Crippen molar-refractivity contribution in [1.29, 1.82) is 0 Å². The third-order valence-electron chi connectivity index (χ3n) is 14.9. The normalized spacial score (nSPS) is 14.1. The topological polar surface area (TPSA) is 29.5 Å². The first-order valence-corrected chi connectivity index (χ1v) is 23.2. The van der Waals surface area contributed by atoms with Gasteiger partial charge < -0.3 is 13.7 Å². The Kier molecular flexibility index (Phi) is 7.95. The number of benzene rings is 10. The summed E-state index contributed by atoms with van der Waals surface area (Å²) in [5.74, 6) is 0. The van der Waals surface area contributed by atoms with Crippen LogP contribution < -0.4 is 4.90 Å². The number of hydrogen-bond donors (Lipinski definition) is 0. The molecule has 2 aliphatic rings. The van der Waals surface area contributed by atoms with Crippen LogP contribution in [0, 0.1) is 0 Å². The first-order valence-electron chi connectivity index (χ1n) is 23.2. The summed E-state index contributed by atoms with van der Waals surface area (Å²) in [6.07, 6.45) is 0. The lowest BCUT2D eigenvalue weighted by Gasteiger charge is -2.35. The van der Waals surface area contributed by atoms with Crippen LogP contribution in [0.2, 0.25) is 0 Å². The van der Waals surface area contributed by atoms with E-state index in [-0.39, 0.29) is 5.41 Å². The van der Waals surface area contributed by atoms with Crippen LogP contribution in [0.4, 0.5) is 17.1 Å². The molecule has 0 aliphatic heterocycles. The molecule has 0 bridgehead atoms. The first kappa shape index (κ1) is 37.9. The van der Waals surface area contributed by atoms with Gasteiger partial charge >= 0.3 is 0 Å². The van der Waals surface area contributed by atoms with Gasteiger partial charge in [0, 0.05) is 49.6 Å². The first-order chi connectivity index (χ1) is 33.0. The second-order valence-electron chi connectivity index (χ2n) is 18.7. The molecule has 2 aromatic heterocycles. The minimum Gasteiger partial charge on any atom is -0.456 e. The third kappa shape index (κ3) is 5.28. The Morgan fingerprint density at radius 1 is 0.343 bits per heavy atom. The van der Waals surface area contributed by atoms with Crippen molar-refractivity contribution in [1.82, 2.24) is 0 Å². The molecule has 3 nitrogen and oxygen atoms in total. The quantitative estimate of drug-likeness (QED) is 0.167. The van der Waals surface area contributed by atoms with Gasteiger partial charge in [-0.15, -0.1) is 0 Å². The van der Waals surface area contributed by atoms with Crippen LogP contribution in [0.1, 0.15) is 47.2 Å². The van der Waals surface area contributed by atoms with E-state index in [9.17, 15) is 0 Å². The molecule has 3 heteroatoms. The maximum Gasteiger partial charge on any atom is 0.143 e. The summed E-state index contributed by atoms with van der Waals surface area (Å²) in [4.78, 5) is 2.44. The van der Waals surface area contributed by atoms with Crippen molar-refractivity contribution in [2.45, 2.75) is 24.7 Å². The van der Waals surface area contributed by atoms with E-state index in [0.717, 1.165) is 72.1 Å². The van der Waals surface area contributed by atoms with Crippen LogP contribution in [0.5, 0.6) is 0 Å². The molecule has 2 heterocycles. The molecule has 0 N–H and O–H groups in total. The van der Waals surface area contributed by atoms with Crippen molar-refractivity contribution in [3.8, 4) is 33.4 Å². The summed E-state index contributed by atoms with van der Waals surface area (Å²) < 4.78 is 13.6. The molecule has 0 fully saturated rings. The van der Waals surface area contributed by atoms with Crippen molar-refractivity contribution < 1.29 is 8.83 Å². The van der Waals surface area contributed by atoms with Gasteiger partial charge in [0.1, 0.15) is 22.3 Å². The minimum absolute atomic E-state index is 0.170. The molecule has 14 rings (SSSR count). The van der Waals surface area contributed by atoms with E-state index in [4.69, 9.17) is 8.83 Å². The summed E-state index contributed by atoms with van der Waals surface area (Å²) in [6.45, 7) is 4.70. The highest BCUT2D eigenvalue weighted by molar-refractivity contribution is 6.27. The number of rotatable bonds is 6. The number of nitrogens with zero attached hydrogens (tertiary/aromatic N) is 1. The molecular formula is C64H43NO2. The second-order valence-corrected chi connectivity index (χ2v) is 18.7. The summed E-state index contributed by atoms with van der Waals surface area (Å²) in [6, 6.07) is 82.0. The Balaban J connectivity index is 1.07. The fourth-order valence-corrected chi connectivity index (χ4v) is 12.0. The van der Waals surface area contributed by atoms with Crippen LogP contribution >= 0.6 is 0 Å². The van der Waals surface area contributed by atoms with Gasteiger partial charge in [-0.2, -0.15) is 0 Å². The fraction of sp³-hybridized carbons (Fsp3) is 0.0625. The maximum atomic E-state index is 7.11. The van der Waals surface area contributed by atoms with Gasteiger partial charge in [-0.1, -0.05) is 178 Å². The van der Waals surface area contributed by atoms with E-state index in [1.165, 1.54) is 55.6 Å². The van der Waals surface area contributed by atoms with Gasteiger partial charge in [-0.25, -0.2) is 0 Å². The SMILES string of the molecule is CC1(C)c2ccccc2-c2ccc(-c3cc(N(c4ccccc4)c4ccc5c(c4)C(c4ccccc4)(c4ccccc4)c4ccccc4-5)cc4c3oc3ccc5oc6ccccc6c5c34)cc21. The molecular weight excluding hydrogens is 815 g/mol. The Labute approximate surface area is 388 Å². The molecule has 0 unspecified atom stereocenters. The predicted molar refractivity (Wildman–Crippen MR) is 276 cm³/mol. The van der Waals surface area contributed by atoms with Gasteiger partial charge in [-0.3, -0.25) is 0 Å². The zero-order valence-corrected chi connectivity index (χ0v) is 37.1. The van der Waals surface area contributed by atoms with Crippen molar-refractivity contribution in [2.24, 2.45) is 0 Å². The average molecular weight is 858 g/mol. The fourth-order valence-electron chi connectivity index (χ4n) is 12.0. The Hall–Kier alpha value is -8.40. The lowest BCUT2D eigenvalue weighted by molar-refractivity contribution is 0.660. The smallest absolute Gasteiger partial charge is 0.143 e. The molecule has 2 aliphatic carbocycles. The van der Waals surface area contributed by atoms with E-state index in [1.54, 1.807) is 0 Å². The summed E-state index contributed by atoms with van der Waals surface area (Å²) in [5, 5.41) is 4.24. The lowest BCUT2D eigenvalue weighted by atomic mass is 9.67. The Bertz CT molecular complexity index is 3910. The highest BCUT2D eigenvalue weighted by Gasteiger charge is 2.46. The zero-order valence-electron chi connectivity index (χ0n) is 37.1. The molecule has 67 heavy (non-hydrogen) atoms. The van der Waals surface area contributed by atoms with E-state index < -0.39 is 5.41 Å². The van der Waals surface area contributed by atoms with Crippen molar-refractivity contribution >= 4 is 60.9 Å². The number of furan rings is 2. The van der Waals surface area contributed by atoms with Crippen LogP contribution in [-0.4, -0.2) is 0 Å². The minimum atomic E-state index is -0.550. The number of anilines is 3. The van der Waals surface area contributed by atoms with E-state index in [1.807, 2.05) is 6.07 Å². The monoisotopic (exact) mass is 857 g/mol. The molecule has 12 aromatic rings. The third-order valence-corrected chi connectivity index (χ3v) is 14.9. The summed E-state index contributed by atoms with van der Waals surface area (Å²) in [7, 11) is 0. The molecule has 316 valence electrons. The maximum absolute atomic E-state index is 7.11. The summed E-state index contributed by atoms with van der Waals surface area (Å²) in [5.41, 5.74) is 20.8. The molecule has 0 spiro atoms. The molecule has 0 saturated heterocycles. The second kappa shape index (κ2) is 14.1. The number of para-hydroxylation sites is 2. The van der Waals surface area contributed by atoms with Gasteiger partial charge in [-0.05, 0) is 122 Å². The highest BCUT2D eigenvalue weighted by atomic mass is 16.3. The van der Waals surface area contributed by atoms with E-state index in [2.05, 4.69) is 237 Å². The van der Waals surface area contributed by atoms with Crippen LogP contribution in [0.3, 0.4) is 0 Å². The molecule has 0 saturated carbocycles. The van der Waals surface area contributed by atoms with Gasteiger partial charge in [0.25, 0.3) is 0 Å². The molecule has 0 amide bonds. The van der Waals surface area contributed by atoms with Gasteiger partial charge in [0.05, 0.1) is 5.41 Å². The predicted octanol–water partition coefficient (Wildman–Crippen LogP) is 17.3. The lowest BCUT2D eigenvalue weighted by Crippen LogP contribution is -2.28. The van der Waals surface area contributed by atoms with E-state index >= 15 is 0 Å². The highest BCUT2D eigenvalue weighted by Crippen LogP contribution is 2.58. The van der Waals surface area contributed by atoms with E-state index in [0.29, 0.717) is 0 Å². The van der Waals surface area contributed by atoms with Crippen LogP contribution in [0.25, 0.3) is 77.3 Å². The van der Waals surface area contributed by atoms with Crippen molar-refractivity contribution in [3.63, 3.8) is 0 Å². The Morgan fingerprint density at radius 2 is 0.910 bits per heavy atom. The average Bonchev–Trinajstić information content (AvgIpc) is 4.10. The number of hydrogen-bond acceptors (Lipinski definition) is 3. The van der Waals surface area contributed by atoms with Crippen LogP contribution in [-0.2, 0) is 10.8 Å². The van der Waals surface area contributed by atoms with Gasteiger partial charge in [0.15, 0.2) is 0 Å². The van der Waals surface area contributed by atoms with Crippen molar-refractivity contribution in [3.05, 3.63) is 258 Å². The number of fused-ring (bicyclic) bond motifs is 13. The largest absolute Gasteiger partial charge is 0.456 e. The van der Waals surface area contributed by atoms with Crippen molar-refractivity contribution in [2.75, 3.05) is 4.90 Å². The molecule has 0 atom stereocenters. The zero-order chi connectivity index (χ0) is 44.4. The standard InChI is InChI=1S/C64H43NO2/c1-63(2)53-27-15-12-24-46(53)48-32-30-40(36-55(48)63)51-37-45(38-52-61-59(67-62(51)52)35-34-58-60(61)50-26-14-17-29-57(50)66-58)65(43-22-10-5-11-23-43)44-31-33-49-47-25-13-16-28-54(47)64(56(49)39-44,41-18-6-3-7-19-41)42-20-8-4-9-21-42/h3-39H,1-2H3. The van der Waals surface area contributed by atoms with Crippen LogP contribution in [0.15, 0.2) is 233 Å².